The van der Waals surface area contributed by atoms with Crippen molar-refractivity contribution in [2.75, 3.05) is 6.61 Å². The number of nitrogens with one attached hydrogen (secondary N) is 1. The van der Waals surface area contributed by atoms with Gasteiger partial charge >= 0.3 is 17.9 Å². The Bertz CT molecular complexity index is 610. The van der Waals surface area contributed by atoms with Gasteiger partial charge in [0.2, 0.25) is 5.91 Å². The molecule has 0 aromatic carbocycles. The average Bonchev–Trinajstić information content (AvgIpc) is 2.58. The molecule has 0 aromatic rings. The topological polar surface area (TPSA) is 220 Å². The Hall–Kier alpha value is -2.32. The lowest BCUT2D eigenvalue weighted by atomic mass is 9.88. The van der Waals surface area contributed by atoms with Crippen molar-refractivity contribution in [3.8, 4) is 0 Å². The Kier molecular flexibility index (Phi) is 8.26. The molecule has 0 spiro atoms. The number of rotatable bonds is 9. The van der Waals surface area contributed by atoms with Crippen LogP contribution in [0.2, 0.25) is 0 Å². The van der Waals surface area contributed by atoms with Crippen LogP contribution in [0.25, 0.3) is 0 Å². The third-order valence-corrected chi connectivity index (χ3v) is 3.98. The number of carbonyl (C=O) groups excluding carboxylic acids is 2. The molecule has 2 unspecified atom stereocenters. The summed E-state index contributed by atoms with van der Waals surface area (Å²) in [5.74, 6) is -7.63. The van der Waals surface area contributed by atoms with Gasteiger partial charge in [0.1, 0.15) is 24.9 Å². The molecule has 160 valence electrons. The minimum atomic E-state index is -2.89. The molecule has 1 saturated heterocycles. The van der Waals surface area contributed by atoms with Crippen LogP contribution >= 0.6 is 0 Å². The number of hydrogen-bond acceptors (Lipinski definition) is 10. The normalized spacial score (nSPS) is 29.4. The fourth-order valence-electron chi connectivity index (χ4n) is 2.59. The molecule has 0 saturated carbocycles. The third kappa shape index (κ3) is 6.38. The molecule has 6 atom stereocenters. The molecule has 0 aliphatic carbocycles. The van der Waals surface area contributed by atoms with Gasteiger partial charge < -0.3 is 45.4 Å². The van der Waals surface area contributed by atoms with Gasteiger partial charge in [-0.15, -0.1) is 0 Å². The molecule has 1 heterocycles. The zero-order valence-corrected chi connectivity index (χ0v) is 14.8. The highest BCUT2D eigenvalue weighted by molar-refractivity contribution is 5.77. The fraction of sp³-hybridized carbons (Fsp3) is 0.733. The number of carbonyl (C=O) groups is 4. The molecule has 28 heavy (non-hydrogen) atoms. The molecule has 13 heteroatoms. The number of carboxylic acid groups (broad SMARTS) is 2. The van der Waals surface area contributed by atoms with E-state index in [4.69, 9.17) is 14.9 Å². The molecule has 7 N–H and O–H groups in total. The lowest BCUT2D eigenvalue weighted by Crippen LogP contribution is -2.67. The number of esters is 1. The van der Waals surface area contributed by atoms with Crippen molar-refractivity contribution in [2.24, 2.45) is 0 Å². The first kappa shape index (κ1) is 23.7. The zero-order chi connectivity index (χ0) is 21.6. The molecule has 1 fully saturated rings. The van der Waals surface area contributed by atoms with E-state index in [1.54, 1.807) is 0 Å². The number of aliphatic hydroxyl groups is 4. The molecule has 13 nitrogen and oxygen atoms in total. The van der Waals surface area contributed by atoms with Crippen molar-refractivity contribution in [1.82, 2.24) is 5.32 Å². The number of aliphatic hydroxyl groups excluding tert-OH is 3. The molecule has 0 aromatic heterocycles. The second-order valence-electron chi connectivity index (χ2n) is 6.30. The maximum atomic E-state index is 11.4. The van der Waals surface area contributed by atoms with Crippen LogP contribution in [-0.4, -0.2) is 97.3 Å². The van der Waals surface area contributed by atoms with Crippen LogP contribution in [0.15, 0.2) is 0 Å². The molecule has 1 rings (SSSR count). The number of carboxylic acids is 2. The molecule has 0 bridgehead atoms. The Morgan fingerprint density at radius 1 is 1.21 bits per heavy atom. The molecule has 1 aliphatic heterocycles. The minimum Gasteiger partial charge on any atom is -0.481 e. The summed E-state index contributed by atoms with van der Waals surface area (Å²) in [6.07, 6.45) is -9.10. The first-order valence-corrected chi connectivity index (χ1v) is 8.19. The lowest BCUT2D eigenvalue weighted by Gasteiger charge is -2.44. The summed E-state index contributed by atoms with van der Waals surface area (Å²) in [5, 5.41) is 60.1. The van der Waals surface area contributed by atoms with Crippen LogP contribution in [0.1, 0.15) is 26.2 Å². The zero-order valence-electron chi connectivity index (χ0n) is 14.8. The van der Waals surface area contributed by atoms with Crippen molar-refractivity contribution < 1.29 is 59.3 Å². The van der Waals surface area contributed by atoms with Gasteiger partial charge in [-0.25, -0.2) is 4.79 Å². The summed E-state index contributed by atoms with van der Waals surface area (Å²) >= 11 is 0. The molecule has 1 aliphatic rings. The predicted molar refractivity (Wildman–Crippen MR) is 85.5 cm³/mol. The van der Waals surface area contributed by atoms with E-state index in [0.717, 1.165) is 6.92 Å². The Morgan fingerprint density at radius 3 is 2.32 bits per heavy atom. The van der Waals surface area contributed by atoms with Crippen molar-refractivity contribution >= 4 is 23.8 Å². The van der Waals surface area contributed by atoms with Gasteiger partial charge in [-0.05, 0) is 0 Å². The summed E-state index contributed by atoms with van der Waals surface area (Å²) < 4.78 is 9.55. The third-order valence-electron chi connectivity index (χ3n) is 3.98. The second-order valence-corrected chi connectivity index (χ2v) is 6.30. The molecule has 0 radical (unpaired) electrons. The predicted octanol–water partition coefficient (Wildman–Crippen LogP) is -3.46. The first-order chi connectivity index (χ1) is 12.9. The highest BCUT2D eigenvalue weighted by Crippen LogP contribution is 2.30. The van der Waals surface area contributed by atoms with Crippen molar-refractivity contribution in [2.45, 2.75) is 62.4 Å². The van der Waals surface area contributed by atoms with Crippen molar-refractivity contribution in [1.29, 1.82) is 0 Å². The molecule has 1 amide bonds. The van der Waals surface area contributed by atoms with Crippen LogP contribution in [0, 0.1) is 0 Å². The summed E-state index contributed by atoms with van der Waals surface area (Å²) in [7, 11) is 0. The SMILES string of the molecule is CC(=O)N[C@H]1C([C@H](O)[C@H](O)COC(=O)CCC(=O)O)OC(O)(C(=O)O)C[C@@H]1O. The summed E-state index contributed by atoms with van der Waals surface area (Å²) in [4.78, 5) is 44.3. The molecular formula is C15H23NO12. The van der Waals surface area contributed by atoms with Gasteiger partial charge in [0.05, 0.1) is 25.0 Å². The van der Waals surface area contributed by atoms with Crippen LogP contribution < -0.4 is 5.32 Å². The quantitative estimate of drug-likeness (QED) is 0.185. The summed E-state index contributed by atoms with van der Waals surface area (Å²) in [6, 6.07) is -1.38. The number of hydrogen-bond donors (Lipinski definition) is 7. The minimum absolute atomic E-state index is 0.482. The van der Waals surface area contributed by atoms with Crippen LogP contribution in [0.3, 0.4) is 0 Å². The largest absolute Gasteiger partial charge is 0.481 e. The highest BCUT2D eigenvalue weighted by atomic mass is 16.7. The highest BCUT2D eigenvalue weighted by Gasteiger charge is 2.53. The number of ether oxygens (including phenoxy) is 2. The monoisotopic (exact) mass is 409 g/mol. The van der Waals surface area contributed by atoms with E-state index in [9.17, 15) is 39.6 Å². The fourth-order valence-corrected chi connectivity index (χ4v) is 2.59. The van der Waals surface area contributed by atoms with E-state index in [2.05, 4.69) is 10.1 Å². The average molecular weight is 409 g/mol. The Morgan fingerprint density at radius 2 is 1.82 bits per heavy atom. The van der Waals surface area contributed by atoms with Gasteiger partial charge in [0.15, 0.2) is 0 Å². The van der Waals surface area contributed by atoms with E-state index < -0.39 is 85.9 Å². The van der Waals surface area contributed by atoms with Crippen molar-refractivity contribution in [3.63, 3.8) is 0 Å². The lowest BCUT2D eigenvalue weighted by molar-refractivity contribution is -0.295. The first-order valence-electron chi connectivity index (χ1n) is 8.19. The summed E-state index contributed by atoms with van der Waals surface area (Å²) in [6.45, 7) is 0.267. The van der Waals surface area contributed by atoms with E-state index in [1.807, 2.05) is 0 Å². The van der Waals surface area contributed by atoms with Crippen LogP contribution in [-0.2, 0) is 28.7 Å². The van der Waals surface area contributed by atoms with Gasteiger partial charge in [-0.1, -0.05) is 0 Å². The summed E-state index contributed by atoms with van der Waals surface area (Å²) in [5.41, 5.74) is 0. The van der Waals surface area contributed by atoms with E-state index >= 15 is 0 Å². The number of amides is 1. The van der Waals surface area contributed by atoms with Gasteiger partial charge in [0, 0.05) is 13.3 Å². The maximum Gasteiger partial charge on any atom is 0.364 e. The van der Waals surface area contributed by atoms with E-state index in [-0.39, 0.29) is 0 Å². The smallest absolute Gasteiger partial charge is 0.364 e. The standard InChI is InChI=1S/C15H23NO12/c1-6(17)16-11-7(18)4-15(26,14(24)25)28-13(11)12(23)8(19)5-27-10(22)3-2-9(20)21/h7-8,11-13,18-19,23,26H,2-5H2,1H3,(H,16,17)(H,20,21)(H,24,25)/t7-,8+,11+,12+,13?,15?/m0/s1. The second kappa shape index (κ2) is 9.75. The van der Waals surface area contributed by atoms with E-state index in [1.165, 1.54) is 0 Å². The van der Waals surface area contributed by atoms with Gasteiger partial charge in [-0.3, -0.25) is 14.4 Å². The van der Waals surface area contributed by atoms with Crippen LogP contribution in [0.4, 0.5) is 0 Å². The van der Waals surface area contributed by atoms with Crippen LogP contribution in [0.5, 0.6) is 0 Å². The number of aliphatic carboxylic acids is 2. The van der Waals surface area contributed by atoms with Gasteiger partial charge in [0.25, 0.3) is 5.79 Å². The Labute approximate surface area is 158 Å². The maximum absolute atomic E-state index is 11.4. The van der Waals surface area contributed by atoms with Crippen molar-refractivity contribution in [3.05, 3.63) is 0 Å². The molecular weight excluding hydrogens is 386 g/mol. The van der Waals surface area contributed by atoms with E-state index in [0.29, 0.717) is 0 Å². The van der Waals surface area contributed by atoms with Gasteiger partial charge in [-0.2, -0.15) is 0 Å². The Balaban J connectivity index is 2.86.